The lowest BCUT2D eigenvalue weighted by Crippen LogP contribution is -2.65. The maximum absolute atomic E-state index is 14.1. The number of hydrogen-bond donors (Lipinski definition) is 11. The molecule has 4 saturated carbocycles. The van der Waals surface area contributed by atoms with Crippen LogP contribution in [-0.2, 0) is 33.2 Å². The summed E-state index contributed by atoms with van der Waals surface area (Å²) in [6.45, 7) is 6.52. The Morgan fingerprint density at radius 2 is 1.21 bits per heavy atom. The molecule has 2 bridgehead atoms. The van der Waals surface area contributed by atoms with Crippen molar-refractivity contribution in [2.75, 3.05) is 19.8 Å². The van der Waals surface area contributed by atoms with Crippen molar-refractivity contribution in [3.63, 3.8) is 0 Å². The lowest BCUT2D eigenvalue weighted by molar-refractivity contribution is -0.378. The minimum Gasteiger partial charge on any atom is -0.432 e. The average Bonchev–Trinajstić information content (AvgIpc) is 3.37. The fraction of sp³-hybridized carbons (Fsp3) is 0.921. The first kappa shape index (κ1) is 42.7. The van der Waals surface area contributed by atoms with Crippen LogP contribution in [0.1, 0.15) is 71.6 Å². The number of hydrogen-bond acceptors (Lipinski definition) is 18. The van der Waals surface area contributed by atoms with E-state index in [1.54, 1.807) is 0 Å². The smallest absolute Gasteiger partial charge is 0.314 e. The third-order valence-electron chi connectivity index (χ3n) is 15.0. The van der Waals surface area contributed by atoms with Crippen molar-refractivity contribution in [2.24, 2.45) is 28.1 Å². The second-order valence-corrected chi connectivity index (χ2v) is 18.0. The van der Waals surface area contributed by atoms with Crippen molar-refractivity contribution in [1.29, 1.82) is 0 Å². The quantitative estimate of drug-likeness (QED) is 0.0631. The van der Waals surface area contributed by atoms with Crippen LogP contribution in [0.15, 0.2) is 12.2 Å². The number of carbonyl (C=O) groups is 1. The molecule has 0 radical (unpaired) electrons. The van der Waals surface area contributed by atoms with E-state index in [0.29, 0.717) is 44.9 Å². The molecule has 0 amide bonds. The number of carbonyl (C=O) groups excluding carboxylic acids is 1. The van der Waals surface area contributed by atoms with E-state index in [9.17, 15) is 61.0 Å². The summed E-state index contributed by atoms with van der Waals surface area (Å²) in [7, 11) is 0. The van der Waals surface area contributed by atoms with Gasteiger partial charge in [-0.3, -0.25) is 4.79 Å². The number of rotatable bonds is 9. The number of aliphatic hydroxyl groups is 11. The molecule has 3 heterocycles. The molecule has 0 aromatic rings. The number of ether oxygens (including phenoxy) is 6. The Hall–Kier alpha value is -1.43. The van der Waals surface area contributed by atoms with Crippen molar-refractivity contribution in [3.05, 3.63) is 12.2 Å². The van der Waals surface area contributed by atoms with E-state index in [2.05, 4.69) is 13.5 Å². The third-order valence-corrected chi connectivity index (χ3v) is 15.0. The Bertz CT molecular complexity index is 1450. The highest BCUT2D eigenvalue weighted by molar-refractivity contribution is 5.77. The lowest BCUT2D eigenvalue weighted by atomic mass is 9.41. The van der Waals surface area contributed by atoms with Gasteiger partial charge in [-0.25, -0.2) is 0 Å². The van der Waals surface area contributed by atoms with Crippen LogP contribution in [0.3, 0.4) is 0 Å². The first-order valence-electron chi connectivity index (χ1n) is 19.9. The van der Waals surface area contributed by atoms with Crippen LogP contribution in [0.4, 0.5) is 0 Å². The summed E-state index contributed by atoms with van der Waals surface area (Å²) in [5.41, 5.74) is -1.80. The summed E-state index contributed by atoms with van der Waals surface area (Å²) in [5, 5.41) is 114. The normalized spacial score (nSPS) is 54.6. The molecule has 320 valence electrons. The molecule has 4 aliphatic carbocycles. The molecule has 11 N–H and O–H groups in total. The van der Waals surface area contributed by atoms with Gasteiger partial charge in [0.25, 0.3) is 0 Å². The number of aliphatic hydroxyl groups excluding tert-OH is 11. The lowest BCUT2D eigenvalue weighted by Gasteiger charge is -2.64. The molecule has 18 heteroatoms. The maximum Gasteiger partial charge on any atom is 0.314 e. The van der Waals surface area contributed by atoms with Crippen molar-refractivity contribution in [1.82, 2.24) is 0 Å². The highest BCUT2D eigenvalue weighted by atomic mass is 16.8. The van der Waals surface area contributed by atoms with E-state index in [4.69, 9.17) is 28.4 Å². The first-order valence-corrected chi connectivity index (χ1v) is 19.9. The van der Waals surface area contributed by atoms with Crippen molar-refractivity contribution in [2.45, 2.75) is 169 Å². The highest BCUT2D eigenvalue weighted by Gasteiger charge is 2.69. The Balaban J connectivity index is 1.10. The molecule has 18 nitrogen and oxygen atoms in total. The van der Waals surface area contributed by atoms with Gasteiger partial charge in [-0.1, -0.05) is 19.9 Å². The zero-order valence-corrected chi connectivity index (χ0v) is 31.8. The molecule has 0 aromatic carbocycles. The Morgan fingerprint density at radius 3 is 1.82 bits per heavy atom. The molecule has 21 atom stereocenters. The molecule has 56 heavy (non-hydrogen) atoms. The van der Waals surface area contributed by atoms with E-state index in [1.807, 2.05) is 6.92 Å². The summed E-state index contributed by atoms with van der Waals surface area (Å²) in [6.07, 6.45) is -17.8. The largest absolute Gasteiger partial charge is 0.432 e. The van der Waals surface area contributed by atoms with Crippen LogP contribution in [0.25, 0.3) is 0 Å². The van der Waals surface area contributed by atoms with Gasteiger partial charge in [0.1, 0.15) is 73.2 Å². The fourth-order valence-corrected chi connectivity index (χ4v) is 12.0. The predicted molar refractivity (Wildman–Crippen MR) is 186 cm³/mol. The van der Waals surface area contributed by atoms with Gasteiger partial charge >= 0.3 is 5.97 Å². The van der Waals surface area contributed by atoms with Gasteiger partial charge in [-0.15, -0.1) is 0 Å². The molecular formula is C38H60O18. The second-order valence-electron chi connectivity index (χ2n) is 18.0. The third kappa shape index (κ3) is 6.69. The zero-order chi connectivity index (χ0) is 40.7. The van der Waals surface area contributed by atoms with Gasteiger partial charge in [-0.2, -0.15) is 0 Å². The Kier molecular flexibility index (Phi) is 11.9. The molecular weight excluding hydrogens is 744 g/mol. The first-order chi connectivity index (χ1) is 26.4. The zero-order valence-electron chi connectivity index (χ0n) is 31.8. The van der Waals surface area contributed by atoms with Crippen LogP contribution in [-0.4, -0.2) is 180 Å². The molecule has 7 fully saturated rings. The van der Waals surface area contributed by atoms with E-state index in [0.717, 1.165) is 18.4 Å². The Morgan fingerprint density at radius 1 is 0.679 bits per heavy atom. The van der Waals surface area contributed by atoms with E-state index < -0.39 is 129 Å². The molecule has 7 rings (SSSR count). The minimum absolute atomic E-state index is 0.121. The molecule has 3 aliphatic heterocycles. The number of esters is 1. The van der Waals surface area contributed by atoms with Gasteiger partial charge < -0.3 is 84.6 Å². The standard InChI is InChI=1S/C38H60O18/c1-16-11-37-9-5-20-35(2,7-4-8-36(20,3)34(50)55-32-29(49)26(46)23(43)18(13-40)52-32)21(37)6-10-38(16,15-37)56-33-30(27(47)24(44)19(14-41)53-33)54-31-28(48)25(45)22(42)17(12-39)51-31/h17-33,39-49H,1,4-15H2,2-3H3/t17-,18-,19-,20+,21-,22-,23-,24-,25+,26+,27+,28+,29-,30+,31+,32-,33+,35+,36-,37+,38-/m1/s1. The van der Waals surface area contributed by atoms with Crippen molar-refractivity contribution in [3.8, 4) is 0 Å². The predicted octanol–water partition coefficient (Wildman–Crippen LogP) is -2.94. The Labute approximate surface area is 324 Å². The SMILES string of the molecule is C=C1C[C@]23CC[C@H]4[C@](C)(CCC[C@@]4(C)C(=O)O[C@H]4O[C@H](CO)[C@@H](O)[C@H](O)[C@H]4O)[C@H]2CC[C@@]1(O[C@@H]1O[C@H](CO)[C@@H](O)[C@H](O)[C@@H]1O[C@@H]1O[C@H](CO)[C@@H](O)[C@H](O)[C@@H]1O)C3. The summed E-state index contributed by atoms with van der Waals surface area (Å²) in [6, 6.07) is 0. The highest BCUT2D eigenvalue weighted by Crippen LogP contribution is 2.73. The topological polar surface area (TPSA) is 295 Å². The van der Waals surface area contributed by atoms with Gasteiger partial charge in [0.15, 0.2) is 12.6 Å². The average molecular weight is 805 g/mol. The maximum atomic E-state index is 14.1. The molecule has 0 unspecified atom stereocenters. The van der Waals surface area contributed by atoms with Gasteiger partial charge in [-0.05, 0) is 86.5 Å². The summed E-state index contributed by atoms with van der Waals surface area (Å²) < 4.78 is 35.6. The van der Waals surface area contributed by atoms with Gasteiger partial charge in [0, 0.05) is 0 Å². The van der Waals surface area contributed by atoms with Crippen molar-refractivity contribution >= 4 is 5.97 Å². The fourth-order valence-electron chi connectivity index (χ4n) is 12.0. The van der Waals surface area contributed by atoms with Crippen LogP contribution < -0.4 is 0 Å². The summed E-state index contributed by atoms with van der Waals surface area (Å²) in [4.78, 5) is 14.1. The number of fused-ring (bicyclic) bond motifs is 3. The van der Waals surface area contributed by atoms with Gasteiger partial charge in [0.05, 0.1) is 30.8 Å². The molecule has 7 aliphatic rings. The van der Waals surface area contributed by atoms with E-state index >= 15 is 0 Å². The summed E-state index contributed by atoms with van der Waals surface area (Å²) in [5.74, 6) is -0.591. The van der Waals surface area contributed by atoms with Crippen molar-refractivity contribution < 1.29 is 89.4 Å². The van der Waals surface area contributed by atoms with Crippen LogP contribution in [0.5, 0.6) is 0 Å². The van der Waals surface area contributed by atoms with E-state index in [-0.39, 0.29) is 22.7 Å². The van der Waals surface area contributed by atoms with E-state index in [1.165, 1.54) is 0 Å². The van der Waals surface area contributed by atoms with Crippen LogP contribution in [0.2, 0.25) is 0 Å². The van der Waals surface area contributed by atoms with Crippen LogP contribution in [0, 0.1) is 28.1 Å². The monoisotopic (exact) mass is 804 g/mol. The second kappa shape index (κ2) is 15.6. The molecule has 3 saturated heterocycles. The minimum atomic E-state index is -1.81. The van der Waals surface area contributed by atoms with Gasteiger partial charge in [0.2, 0.25) is 6.29 Å². The molecule has 1 spiro atoms. The van der Waals surface area contributed by atoms with Crippen LogP contribution >= 0.6 is 0 Å². The summed E-state index contributed by atoms with van der Waals surface area (Å²) >= 11 is 0. The molecule has 0 aromatic heterocycles.